The fraction of sp³-hybridized carbons (Fsp3) is 0.781. The third-order valence-corrected chi connectivity index (χ3v) is 13.7. The van der Waals surface area contributed by atoms with Crippen molar-refractivity contribution in [1.82, 2.24) is 10.0 Å². The number of aliphatic hydroxyl groups is 2. The number of alkyl halides is 1. The number of rotatable bonds is 7. The van der Waals surface area contributed by atoms with Gasteiger partial charge in [-0.1, -0.05) is 34.1 Å². The van der Waals surface area contributed by atoms with Crippen molar-refractivity contribution in [3.05, 3.63) is 30.1 Å². The molecule has 7 nitrogen and oxygen atoms in total. The van der Waals surface area contributed by atoms with Crippen LogP contribution in [-0.4, -0.2) is 49.6 Å². The summed E-state index contributed by atoms with van der Waals surface area (Å²) >= 11 is 0. The summed E-state index contributed by atoms with van der Waals surface area (Å²) < 4.78 is 55.6. The zero-order chi connectivity index (χ0) is 30.6. The predicted molar refractivity (Wildman–Crippen MR) is 156 cm³/mol. The highest BCUT2D eigenvalue weighted by Gasteiger charge is 2.66. The standard InChI is InChI=1S/C32H48F2N2O5S/c1-5-21-27-28(34)25(37)13-16-32(27,4)24-12-15-31(3)22(10-11-23(31)26(24)29(21)38)18(2)14-17-35-30(39)36-42(40,41)20-8-6-19(33)7-9-20/h6-9,18,21-29,37-38H,5,10-17H2,1-4H3,(H2,35,36,39)/t18-,21-,22?,23?,24?,25-,26?,27-,28+,29-,31-,32-/m1/s1. The van der Waals surface area contributed by atoms with Crippen molar-refractivity contribution < 1.29 is 32.2 Å². The Morgan fingerprint density at radius 2 is 1.69 bits per heavy atom. The number of amides is 2. The van der Waals surface area contributed by atoms with Crippen LogP contribution in [0.15, 0.2) is 29.2 Å². The SMILES string of the molecule is CC[C@@H]1[C@@H]2[C@@H](F)[C@H](O)CC[C@]2(C)C2CC[C@@]3(C)C(CCC3[C@H](C)CCNC(=O)NS(=O)(=O)c3ccc(F)cc3)C2[C@@H]1O. The fourth-order valence-corrected chi connectivity index (χ4v) is 11.3. The maximum Gasteiger partial charge on any atom is 0.328 e. The number of hydrogen-bond donors (Lipinski definition) is 4. The summed E-state index contributed by atoms with van der Waals surface area (Å²) in [6.07, 6.45) is 3.89. The molecule has 0 aliphatic heterocycles. The first-order chi connectivity index (χ1) is 19.7. The molecule has 12 atom stereocenters. The first-order valence-corrected chi connectivity index (χ1v) is 17.3. The number of sulfonamides is 1. The number of hydrogen-bond acceptors (Lipinski definition) is 5. The van der Waals surface area contributed by atoms with Gasteiger partial charge in [-0.25, -0.2) is 26.7 Å². The van der Waals surface area contributed by atoms with Crippen molar-refractivity contribution >= 4 is 16.1 Å². The summed E-state index contributed by atoms with van der Waals surface area (Å²) in [5.74, 6) is 0.343. The first kappa shape index (κ1) is 31.6. The van der Waals surface area contributed by atoms with Crippen LogP contribution in [0, 0.1) is 58.1 Å². The summed E-state index contributed by atoms with van der Waals surface area (Å²) in [4.78, 5) is 12.2. The van der Waals surface area contributed by atoms with Gasteiger partial charge in [0.1, 0.15) is 12.0 Å². The number of carbonyl (C=O) groups is 1. The predicted octanol–water partition coefficient (Wildman–Crippen LogP) is 5.41. The van der Waals surface area contributed by atoms with Crippen LogP contribution in [0.4, 0.5) is 13.6 Å². The summed E-state index contributed by atoms with van der Waals surface area (Å²) in [5.41, 5.74) is -0.194. The van der Waals surface area contributed by atoms with Crippen LogP contribution in [0.25, 0.3) is 0 Å². The lowest BCUT2D eigenvalue weighted by Gasteiger charge is -2.65. The molecule has 0 aromatic heterocycles. The summed E-state index contributed by atoms with van der Waals surface area (Å²) in [7, 11) is -4.10. The lowest BCUT2D eigenvalue weighted by molar-refractivity contribution is -0.222. The fourth-order valence-electron chi connectivity index (χ4n) is 10.4. The zero-order valence-corrected chi connectivity index (χ0v) is 26.0. The van der Waals surface area contributed by atoms with E-state index >= 15 is 4.39 Å². The second-order valence-electron chi connectivity index (χ2n) is 14.2. The molecule has 0 bridgehead atoms. The Kier molecular flexibility index (Phi) is 8.75. The molecule has 42 heavy (non-hydrogen) atoms. The Bertz CT molecular complexity index is 1250. The highest BCUT2D eigenvalue weighted by molar-refractivity contribution is 7.90. The van der Waals surface area contributed by atoms with Crippen molar-refractivity contribution in [2.75, 3.05) is 6.54 Å². The third-order valence-electron chi connectivity index (χ3n) is 12.4. The molecule has 0 saturated heterocycles. The lowest BCUT2D eigenvalue weighted by Crippen LogP contribution is -2.65. The average Bonchev–Trinajstić information content (AvgIpc) is 3.29. The zero-order valence-electron chi connectivity index (χ0n) is 25.2. The highest BCUT2D eigenvalue weighted by atomic mass is 32.2. The number of urea groups is 1. The van der Waals surface area contributed by atoms with E-state index in [0.717, 1.165) is 56.4 Å². The smallest absolute Gasteiger partial charge is 0.328 e. The van der Waals surface area contributed by atoms with Gasteiger partial charge in [0.2, 0.25) is 0 Å². The minimum Gasteiger partial charge on any atom is -0.393 e. The topological polar surface area (TPSA) is 116 Å². The van der Waals surface area contributed by atoms with Crippen LogP contribution >= 0.6 is 0 Å². The normalized spacial score (nSPS) is 42.1. The van der Waals surface area contributed by atoms with Crippen molar-refractivity contribution in [2.24, 2.45) is 52.3 Å². The molecule has 4 N–H and O–H groups in total. The van der Waals surface area contributed by atoms with Crippen molar-refractivity contribution in [3.8, 4) is 0 Å². The van der Waals surface area contributed by atoms with Gasteiger partial charge in [0.25, 0.3) is 10.0 Å². The molecule has 236 valence electrons. The quantitative estimate of drug-likeness (QED) is 0.329. The maximum absolute atomic E-state index is 15.6. The van der Waals surface area contributed by atoms with E-state index in [4.69, 9.17) is 0 Å². The van der Waals surface area contributed by atoms with Crippen LogP contribution in [0.3, 0.4) is 0 Å². The third kappa shape index (κ3) is 5.27. The van der Waals surface area contributed by atoms with Gasteiger partial charge < -0.3 is 15.5 Å². The molecule has 4 aliphatic rings. The molecule has 1 aromatic carbocycles. The summed E-state index contributed by atoms with van der Waals surface area (Å²) in [6.45, 7) is 9.14. The second kappa shape index (κ2) is 11.6. The van der Waals surface area contributed by atoms with Gasteiger partial charge >= 0.3 is 6.03 Å². The van der Waals surface area contributed by atoms with Gasteiger partial charge in [0, 0.05) is 12.5 Å². The molecule has 0 radical (unpaired) electrons. The summed E-state index contributed by atoms with van der Waals surface area (Å²) in [6, 6.07) is 3.46. The Labute approximate surface area is 249 Å². The van der Waals surface area contributed by atoms with Crippen molar-refractivity contribution in [2.45, 2.75) is 102 Å². The summed E-state index contributed by atoms with van der Waals surface area (Å²) in [5, 5.41) is 24.9. The molecule has 0 spiro atoms. The second-order valence-corrected chi connectivity index (χ2v) is 15.9. The number of halogens is 2. The molecule has 4 fully saturated rings. The molecule has 4 aliphatic carbocycles. The Balaban J connectivity index is 1.23. The Morgan fingerprint density at radius 1 is 1.05 bits per heavy atom. The van der Waals surface area contributed by atoms with Gasteiger partial charge in [0.15, 0.2) is 0 Å². The van der Waals surface area contributed by atoms with E-state index in [-0.39, 0.29) is 45.3 Å². The van der Waals surface area contributed by atoms with E-state index in [1.165, 1.54) is 0 Å². The molecule has 2 amide bonds. The van der Waals surface area contributed by atoms with Crippen molar-refractivity contribution in [3.63, 3.8) is 0 Å². The largest absolute Gasteiger partial charge is 0.393 e. The minimum absolute atomic E-state index is 0.0283. The molecule has 5 rings (SSSR count). The van der Waals surface area contributed by atoms with E-state index in [9.17, 15) is 27.8 Å². The van der Waals surface area contributed by atoms with E-state index in [1.54, 1.807) is 0 Å². The number of nitrogens with one attached hydrogen (secondary N) is 2. The van der Waals surface area contributed by atoms with Crippen LogP contribution < -0.4 is 10.0 Å². The van der Waals surface area contributed by atoms with Crippen molar-refractivity contribution in [1.29, 1.82) is 0 Å². The van der Waals surface area contributed by atoms with Gasteiger partial charge in [-0.2, -0.15) is 0 Å². The first-order valence-electron chi connectivity index (χ1n) is 15.8. The van der Waals surface area contributed by atoms with Gasteiger partial charge in [-0.3, -0.25) is 0 Å². The molecule has 0 heterocycles. The molecule has 4 unspecified atom stereocenters. The van der Waals surface area contributed by atoms with Gasteiger partial charge in [-0.05, 0) is 116 Å². The van der Waals surface area contributed by atoms with Crippen LogP contribution in [0.2, 0.25) is 0 Å². The minimum atomic E-state index is -4.10. The van der Waals surface area contributed by atoms with E-state index in [1.807, 2.05) is 11.6 Å². The average molecular weight is 611 g/mol. The lowest BCUT2D eigenvalue weighted by atomic mass is 9.41. The number of carbonyl (C=O) groups excluding carboxylic acids is 1. The molecule has 10 heteroatoms. The molecule has 4 saturated carbocycles. The molecular weight excluding hydrogens is 562 g/mol. The maximum atomic E-state index is 15.6. The van der Waals surface area contributed by atoms with Crippen LogP contribution in [-0.2, 0) is 10.0 Å². The monoisotopic (exact) mass is 610 g/mol. The number of aliphatic hydroxyl groups excluding tert-OH is 2. The number of fused-ring (bicyclic) bond motifs is 5. The Hall–Kier alpha value is -1.78. The van der Waals surface area contributed by atoms with Gasteiger partial charge in [0.05, 0.1) is 17.1 Å². The van der Waals surface area contributed by atoms with Crippen LogP contribution in [0.5, 0.6) is 0 Å². The van der Waals surface area contributed by atoms with E-state index < -0.39 is 40.3 Å². The molecular formula is C32H48F2N2O5S. The van der Waals surface area contributed by atoms with E-state index in [0.29, 0.717) is 37.6 Å². The molecule has 1 aromatic rings. The van der Waals surface area contributed by atoms with Crippen LogP contribution in [0.1, 0.15) is 79.1 Å². The van der Waals surface area contributed by atoms with Gasteiger partial charge in [-0.15, -0.1) is 0 Å². The highest BCUT2D eigenvalue weighted by Crippen LogP contribution is 2.69. The number of benzene rings is 1. The van der Waals surface area contributed by atoms with E-state index in [2.05, 4.69) is 26.1 Å². The Morgan fingerprint density at radius 3 is 2.36 bits per heavy atom.